The fraction of sp³-hybridized carbons (Fsp3) is 0.500. The van der Waals surface area contributed by atoms with Gasteiger partial charge in [0.15, 0.2) is 0 Å². The van der Waals surface area contributed by atoms with Crippen molar-refractivity contribution in [3.8, 4) is 5.75 Å². The minimum Gasteiger partial charge on any atom is -0.500 e. The molecule has 1 fully saturated rings. The van der Waals surface area contributed by atoms with Gasteiger partial charge in [0.2, 0.25) is 5.76 Å². The van der Waals surface area contributed by atoms with Gasteiger partial charge in [-0.25, -0.2) is 4.79 Å². The van der Waals surface area contributed by atoms with E-state index in [0.717, 1.165) is 39.7 Å². The van der Waals surface area contributed by atoms with E-state index in [9.17, 15) is 20.1 Å². The number of methoxy groups -OCH3 is 1. The molecule has 6 heteroatoms. The zero-order valence-corrected chi connectivity index (χ0v) is 17.9. The van der Waals surface area contributed by atoms with Crippen LogP contribution in [0.3, 0.4) is 0 Å². The van der Waals surface area contributed by atoms with E-state index in [0.29, 0.717) is 18.3 Å². The number of para-hydroxylation sites is 1. The Morgan fingerprint density at radius 3 is 2.60 bits per heavy atom. The van der Waals surface area contributed by atoms with Crippen LogP contribution in [0.15, 0.2) is 60.1 Å². The topological polar surface area (TPSA) is 96.2 Å². The third kappa shape index (κ3) is 5.33. The van der Waals surface area contributed by atoms with Gasteiger partial charge < -0.3 is 24.8 Å². The summed E-state index contributed by atoms with van der Waals surface area (Å²) in [6.45, 7) is 3.24. The molecule has 3 N–H and O–H groups in total. The Bertz CT molecular complexity index is 791. The highest BCUT2D eigenvalue weighted by atomic mass is 16.6. The van der Waals surface area contributed by atoms with E-state index in [1.165, 1.54) is 0 Å². The molecule has 1 aromatic rings. The largest absolute Gasteiger partial charge is 0.500 e. The molecule has 164 valence electrons. The maximum atomic E-state index is 12.4. The lowest BCUT2D eigenvalue weighted by atomic mass is 9.91. The number of carbonyl (C=O) groups is 1. The number of aliphatic hydroxyl groups is 3. The predicted octanol–water partition coefficient (Wildman–Crippen LogP) is 4.05. The molecule has 2 rings (SSSR count). The van der Waals surface area contributed by atoms with Gasteiger partial charge in [-0.3, -0.25) is 0 Å². The number of rotatable bonds is 9. The van der Waals surface area contributed by atoms with Gasteiger partial charge in [-0.2, -0.15) is 0 Å². The highest BCUT2D eigenvalue weighted by Crippen LogP contribution is 2.36. The molecule has 0 saturated heterocycles. The first-order valence-electron chi connectivity index (χ1n) is 10.3. The number of hydrogen-bond donors (Lipinski definition) is 3. The molecule has 1 unspecified atom stereocenters. The van der Waals surface area contributed by atoms with Crippen LogP contribution >= 0.6 is 0 Å². The molecule has 30 heavy (non-hydrogen) atoms. The van der Waals surface area contributed by atoms with Crippen LogP contribution in [0.25, 0.3) is 0 Å². The minimum atomic E-state index is -3.05. The molecule has 1 saturated carbocycles. The number of carbonyl (C=O) groups excluding carboxylic acids is 1. The Morgan fingerprint density at radius 2 is 1.97 bits per heavy atom. The summed E-state index contributed by atoms with van der Waals surface area (Å²) in [4.78, 5) is 12.4. The smallest absolute Gasteiger partial charge is 0.356 e. The third-order valence-electron chi connectivity index (χ3n) is 5.63. The summed E-state index contributed by atoms with van der Waals surface area (Å²) >= 11 is 0. The van der Waals surface area contributed by atoms with Gasteiger partial charge in [-0.1, -0.05) is 49.4 Å². The van der Waals surface area contributed by atoms with Crippen LogP contribution in [0.2, 0.25) is 0 Å². The van der Waals surface area contributed by atoms with Gasteiger partial charge in [0.05, 0.1) is 7.11 Å². The van der Waals surface area contributed by atoms with Crippen LogP contribution in [0.4, 0.5) is 0 Å². The summed E-state index contributed by atoms with van der Waals surface area (Å²) < 4.78 is 10.3. The van der Waals surface area contributed by atoms with Crippen molar-refractivity contribution in [3.63, 3.8) is 0 Å². The van der Waals surface area contributed by atoms with Crippen LogP contribution in [-0.4, -0.2) is 39.8 Å². The standard InChI is InChI=1S/C24H32O6/c1-4-5-11-18-12-9-13-19(18)14-10-17-21(25)24(27,28)23(2,22(26)29-3)30-20-15-7-6-8-16-20/h5-8,10-11,15-16,18-19,25,27-28H,4,9,12-14H2,1-3H3/b11-5+/t17?,18-,19+,23?/m0/s1/i25+0,27+0,28+0. The molecule has 0 bridgehead atoms. The van der Waals surface area contributed by atoms with Gasteiger partial charge in [0.25, 0.3) is 11.4 Å². The molecule has 0 radical (unpaired) electrons. The lowest BCUT2D eigenvalue weighted by Crippen LogP contribution is -2.62. The Kier molecular flexibility index (Phi) is 8.30. The summed E-state index contributed by atoms with van der Waals surface area (Å²) in [5.74, 6) is -3.92. The van der Waals surface area contributed by atoms with E-state index < -0.39 is 23.1 Å². The Balaban J connectivity index is 2.24. The number of aliphatic hydroxyl groups excluding tert-OH is 1. The molecule has 6 nitrogen and oxygen atoms in total. The second kappa shape index (κ2) is 10.5. The molecule has 0 aliphatic heterocycles. The molecule has 0 amide bonds. The number of benzene rings is 1. The molecule has 1 aromatic carbocycles. The van der Waals surface area contributed by atoms with Gasteiger partial charge in [-0.05, 0) is 62.7 Å². The van der Waals surface area contributed by atoms with Crippen molar-refractivity contribution in [2.45, 2.75) is 57.3 Å². The molecule has 1 aliphatic carbocycles. The molecule has 0 aromatic heterocycles. The average molecular weight is 417 g/mol. The number of ether oxygens (including phenoxy) is 2. The summed E-state index contributed by atoms with van der Waals surface area (Å²) in [5.41, 5.74) is 0.220. The predicted molar refractivity (Wildman–Crippen MR) is 114 cm³/mol. The second-order valence-electron chi connectivity index (χ2n) is 7.74. The molecular weight excluding hydrogens is 384 g/mol. The van der Waals surface area contributed by atoms with Crippen LogP contribution in [0.5, 0.6) is 5.75 Å². The number of allylic oxidation sites excluding steroid dienone is 2. The van der Waals surface area contributed by atoms with Gasteiger partial charge in [-0.15, -0.1) is 0 Å². The van der Waals surface area contributed by atoms with Crippen LogP contribution in [0, 0.1) is 11.8 Å². The van der Waals surface area contributed by atoms with Gasteiger partial charge in [0, 0.05) is 0 Å². The van der Waals surface area contributed by atoms with Crippen molar-refractivity contribution in [2.75, 3.05) is 7.11 Å². The first-order valence-corrected chi connectivity index (χ1v) is 10.3. The first kappa shape index (κ1) is 23.7. The van der Waals surface area contributed by atoms with Crippen molar-refractivity contribution in [1.29, 1.82) is 0 Å². The molecular formula is C24H32O6. The summed E-state index contributed by atoms with van der Waals surface area (Å²) in [6.07, 6.45) is 10.9. The molecule has 3 atom stereocenters. The highest BCUT2D eigenvalue weighted by molar-refractivity contribution is 5.81. The van der Waals surface area contributed by atoms with Gasteiger partial charge >= 0.3 is 5.97 Å². The highest BCUT2D eigenvalue weighted by Gasteiger charge is 2.59. The van der Waals surface area contributed by atoms with Crippen LogP contribution in [0.1, 0.15) is 46.0 Å². The van der Waals surface area contributed by atoms with Crippen molar-refractivity contribution < 1.29 is 29.6 Å². The molecule has 0 heterocycles. The normalized spacial score (nSPS) is 21.0. The van der Waals surface area contributed by atoms with Crippen LogP contribution in [-0.2, 0) is 9.53 Å². The summed E-state index contributed by atoms with van der Waals surface area (Å²) in [5, 5.41) is 31.7. The van der Waals surface area contributed by atoms with Crippen LogP contribution < -0.4 is 4.74 Å². The Labute approximate surface area is 178 Å². The van der Waals surface area contributed by atoms with E-state index in [1.54, 1.807) is 36.4 Å². The van der Waals surface area contributed by atoms with E-state index in [4.69, 9.17) is 9.47 Å². The van der Waals surface area contributed by atoms with Crippen molar-refractivity contribution in [1.82, 2.24) is 0 Å². The maximum Gasteiger partial charge on any atom is 0.356 e. The van der Waals surface area contributed by atoms with E-state index in [-0.39, 0.29) is 5.75 Å². The Hall–Kier alpha value is -2.53. The van der Waals surface area contributed by atoms with Crippen molar-refractivity contribution in [2.24, 2.45) is 11.8 Å². The number of esters is 1. The lowest BCUT2D eigenvalue weighted by molar-refractivity contribution is -0.251. The fourth-order valence-electron chi connectivity index (χ4n) is 3.73. The number of hydrogen-bond acceptors (Lipinski definition) is 6. The SMILES string of the molecule is CC/C=C/[C@H]1CCC[C@@H]1CC=C=C([16OH])C([16OH])([16OH])C(C)(Oc1ccccc1)C(=O)OC. The Morgan fingerprint density at radius 1 is 1.27 bits per heavy atom. The van der Waals surface area contributed by atoms with Crippen molar-refractivity contribution in [3.05, 3.63) is 60.1 Å². The third-order valence-corrected chi connectivity index (χ3v) is 5.63. The van der Waals surface area contributed by atoms with E-state index in [2.05, 4.69) is 24.8 Å². The monoisotopic (exact) mass is 416 g/mol. The first-order chi connectivity index (χ1) is 14.3. The zero-order valence-electron chi connectivity index (χ0n) is 17.9. The fourth-order valence-corrected chi connectivity index (χ4v) is 3.73. The summed E-state index contributed by atoms with van der Waals surface area (Å²) in [7, 11) is 1.10. The second-order valence-corrected chi connectivity index (χ2v) is 7.74. The molecule has 0 spiro atoms. The van der Waals surface area contributed by atoms with E-state index in [1.807, 2.05) is 0 Å². The average Bonchev–Trinajstić information content (AvgIpc) is 3.19. The van der Waals surface area contributed by atoms with E-state index >= 15 is 0 Å². The minimum absolute atomic E-state index is 0.214. The molecule has 1 aliphatic rings. The summed E-state index contributed by atoms with van der Waals surface area (Å²) in [6, 6.07) is 8.20. The lowest BCUT2D eigenvalue weighted by Gasteiger charge is -2.37. The maximum absolute atomic E-state index is 12.4. The van der Waals surface area contributed by atoms with Crippen molar-refractivity contribution >= 4 is 5.97 Å². The zero-order chi connectivity index (χ0) is 22.2. The van der Waals surface area contributed by atoms with Gasteiger partial charge in [0.1, 0.15) is 5.75 Å². The quantitative estimate of drug-likeness (QED) is 0.185.